The summed E-state index contributed by atoms with van der Waals surface area (Å²) in [5, 5.41) is 12.4. The van der Waals surface area contributed by atoms with Crippen LogP contribution in [0.5, 0.6) is 0 Å². The van der Waals surface area contributed by atoms with Crippen LogP contribution >= 0.6 is 10.9 Å². The molecule has 1 unspecified atom stereocenters. The van der Waals surface area contributed by atoms with Crippen molar-refractivity contribution in [3.8, 4) is 0 Å². The summed E-state index contributed by atoms with van der Waals surface area (Å²) >= 11 is 0. The van der Waals surface area contributed by atoms with Gasteiger partial charge in [0, 0.05) is 6.54 Å². The van der Waals surface area contributed by atoms with Gasteiger partial charge >= 0.3 is 0 Å². The molecule has 0 bridgehead atoms. The van der Waals surface area contributed by atoms with E-state index in [0.29, 0.717) is 32.1 Å². The molecule has 0 saturated heterocycles. The lowest BCUT2D eigenvalue weighted by molar-refractivity contribution is 0.0737. The Morgan fingerprint density at radius 1 is 1.40 bits per heavy atom. The van der Waals surface area contributed by atoms with Gasteiger partial charge in [-0.25, -0.2) is 10.9 Å². The number of thiol groups is 1. The third-order valence-corrected chi connectivity index (χ3v) is 2.80. The first-order valence-electron chi connectivity index (χ1n) is 4.98. The predicted octanol–water partition coefficient (Wildman–Crippen LogP) is 0.680. The Balaban J connectivity index is 3.15. The van der Waals surface area contributed by atoms with E-state index in [1.165, 1.54) is 0 Å². The Hall–Kier alpha value is -0.230. The maximum atomic E-state index is 9.43. The van der Waals surface area contributed by atoms with Crippen LogP contribution in [-0.4, -0.2) is 49.5 Å². The van der Waals surface area contributed by atoms with Gasteiger partial charge in [0.2, 0.25) is 0 Å². The molecule has 0 aromatic heterocycles. The largest absolute Gasteiger partial charge is 0.496 e. The van der Waals surface area contributed by atoms with Crippen molar-refractivity contribution in [1.82, 2.24) is 5.32 Å². The SMILES string of the molecule is C=C(C)OCCOCCNC(O)[SH](C)C. The van der Waals surface area contributed by atoms with Crippen LogP contribution in [0.15, 0.2) is 12.3 Å². The molecule has 4 nitrogen and oxygen atoms in total. The highest BCUT2D eigenvalue weighted by molar-refractivity contribution is 8.16. The van der Waals surface area contributed by atoms with Gasteiger partial charge in [-0.15, -0.1) is 0 Å². The number of ether oxygens (including phenoxy) is 2. The average Bonchev–Trinajstić information content (AvgIpc) is 2.15. The zero-order valence-electron chi connectivity index (χ0n) is 9.82. The van der Waals surface area contributed by atoms with E-state index < -0.39 is 5.56 Å². The van der Waals surface area contributed by atoms with Crippen molar-refractivity contribution in [3.05, 3.63) is 12.3 Å². The van der Waals surface area contributed by atoms with Crippen molar-refractivity contribution in [1.29, 1.82) is 0 Å². The molecular formula is C10H23NO3S. The fourth-order valence-corrected chi connectivity index (χ4v) is 1.31. The van der Waals surface area contributed by atoms with Crippen LogP contribution in [0.25, 0.3) is 0 Å². The van der Waals surface area contributed by atoms with Gasteiger partial charge in [0.1, 0.15) is 12.2 Å². The highest BCUT2D eigenvalue weighted by Crippen LogP contribution is 2.16. The molecule has 0 amide bonds. The summed E-state index contributed by atoms with van der Waals surface area (Å²) in [6, 6.07) is 0. The maximum absolute atomic E-state index is 9.43. The molecule has 5 heteroatoms. The number of hydrogen-bond acceptors (Lipinski definition) is 4. The van der Waals surface area contributed by atoms with Crippen LogP contribution in [0.1, 0.15) is 6.92 Å². The quantitative estimate of drug-likeness (QED) is 0.239. The van der Waals surface area contributed by atoms with Crippen LogP contribution in [0.3, 0.4) is 0 Å². The second-order valence-electron chi connectivity index (χ2n) is 3.45. The Morgan fingerprint density at radius 3 is 2.60 bits per heavy atom. The van der Waals surface area contributed by atoms with Crippen molar-refractivity contribution in [2.75, 3.05) is 38.9 Å². The molecule has 15 heavy (non-hydrogen) atoms. The molecule has 92 valence electrons. The highest BCUT2D eigenvalue weighted by atomic mass is 32.2. The monoisotopic (exact) mass is 237 g/mol. The summed E-state index contributed by atoms with van der Waals surface area (Å²) in [6.45, 7) is 7.75. The topological polar surface area (TPSA) is 50.7 Å². The summed E-state index contributed by atoms with van der Waals surface area (Å²) in [4.78, 5) is 0. The molecule has 0 rings (SSSR count). The molecule has 0 spiro atoms. The average molecular weight is 237 g/mol. The van der Waals surface area contributed by atoms with Gasteiger partial charge in [-0.3, -0.25) is 5.32 Å². The lowest BCUT2D eigenvalue weighted by Crippen LogP contribution is -2.31. The fourth-order valence-electron chi connectivity index (χ4n) is 0.820. The number of aliphatic hydroxyl groups is 1. The molecule has 0 aliphatic heterocycles. The lowest BCUT2D eigenvalue weighted by Gasteiger charge is -2.19. The molecule has 0 aliphatic carbocycles. The van der Waals surface area contributed by atoms with E-state index in [4.69, 9.17) is 9.47 Å². The van der Waals surface area contributed by atoms with E-state index in [1.54, 1.807) is 0 Å². The van der Waals surface area contributed by atoms with E-state index in [-0.39, 0.29) is 10.9 Å². The van der Waals surface area contributed by atoms with E-state index in [2.05, 4.69) is 11.9 Å². The second-order valence-corrected chi connectivity index (χ2v) is 5.87. The molecule has 2 N–H and O–H groups in total. The number of allylic oxidation sites excluding steroid dienone is 1. The Morgan fingerprint density at radius 2 is 2.07 bits per heavy atom. The number of nitrogens with one attached hydrogen (secondary N) is 1. The summed E-state index contributed by atoms with van der Waals surface area (Å²) in [7, 11) is -0.345. The minimum atomic E-state index is -0.393. The predicted molar refractivity (Wildman–Crippen MR) is 66.4 cm³/mol. The van der Waals surface area contributed by atoms with Crippen molar-refractivity contribution < 1.29 is 14.6 Å². The molecule has 0 fully saturated rings. The fraction of sp³-hybridized carbons (Fsp3) is 0.800. The van der Waals surface area contributed by atoms with Crippen LogP contribution in [0.2, 0.25) is 0 Å². The van der Waals surface area contributed by atoms with Crippen LogP contribution in [0, 0.1) is 0 Å². The Labute approximate surface area is 95.0 Å². The molecule has 0 aromatic carbocycles. The van der Waals surface area contributed by atoms with Gasteiger partial charge in [-0.05, 0) is 19.4 Å². The van der Waals surface area contributed by atoms with E-state index in [0.717, 1.165) is 0 Å². The van der Waals surface area contributed by atoms with Gasteiger partial charge in [0.15, 0.2) is 0 Å². The van der Waals surface area contributed by atoms with Gasteiger partial charge in [0.25, 0.3) is 0 Å². The second kappa shape index (κ2) is 9.03. The van der Waals surface area contributed by atoms with Crippen molar-refractivity contribution in [2.45, 2.75) is 12.5 Å². The molecule has 0 aromatic rings. The molecule has 0 heterocycles. The van der Waals surface area contributed by atoms with Gasteiger partial charge in [0.05, 0.1) is 19.0 Å². The third-order valence-electron chi connectivity index (χ3n) is 1.64. The van der Waals surface area contributed by atoms with Gasteiger partial charge < -0.3 is 14.6 Å². The van der Waals surface area contributed by atoms with Crippen LogP contribution in [0.4, 0.5) is 0 Å². The molecule has 0 aliphatic rings. The van der Waals surface area contributed by atoms with E-state index in [1.807, 2.05) is 19.4 Å². The van der Waals surface area contributed by atoms with Crippen molar-refractivity contribution >= 4 is 10.9 Å². The summed E-state index contributed by atoms with van der Waals surface area (Å²) < 4.78 is 10.4. The van der Waals surface area contributed by atoms with Crippen molar-refractivity contribution in [3.63, 3.8) is 0 Å². The zero-order valence-corrected chi connectivity index (χ0v) is 10.7. The minimum Gasteiger partial charge on any atom is -0.496 e. The minimum absolute atomic E-state index is 0.345. The lowest BCUT2D eigenvalue weighted by atomic mass is 10.6. The van der Waals surface area contributed by atoms with Crippen molar-refractivity contribution in [2.24, 2.45) is 0 Å². The highest BCUT2D eigenvalue weighted by Gasteiger charge is 2.02. The molecule has 1 atom stereocenters. The number of aliphatic hydroxyl groups excluding tert-OH is 1. The molecule has 0 saturated carbocycles. The van der Waals surface area contributed by atoms with Crippen LogP contribution in [-0.2, 0) is 9.47 Å². The first kappa shape index (κ1) is 14.8. The van der Waals surface area contributed by atoms with E-state index >= 15 is 0 Å². The third kappa shape index (κ3) is 10.1. The summed E-state index contributed by atoms with van der Waals surface area (Å²) in [5.74, 6) is 0.703. The number of hydrogen-bond donors (Lipinski definition) is 3. The molecular weight excluding hydrogens is 214 g/mol. The van der Waals surface area contributed by atoms with Gasteiger partial charge in [-0.2, -0.15) is 0 Å². The standard InChI is InChI=1S/C10H23NO3S/c1-9(2)14-8-7-13-6-5-11-10(12)15(3)4/h10-12,15H,1,5-8H2,2-4H3. The maximum Gasteiger partial charge on any atom is 0.135 e. The van der Waals surface area contributed by atoms with Crippen LogP contribution < -0.4 is 5.32 Å². The first-order valence-corrected chi connectivity index (χ1v) is 7.28. The number of rotatable bonds is 9. The first-order chi connectivity index (χ1) is 7.04. The smallest absolute Gasteiger partial charge is 0.135 e. The summed E-state index contributed by atoms with van der Waals surface area (Å²) in [6.07, 6.45) is 4.04. The van der Waals surface area contributed by atoms with E-state index in [9.17, 15) is 5.11 Å². The summed E-state index contributed by atoms with van der Waals surface area (Å²) in [5.41, 5.74) is -0.393. The molecule has 0 radical (unpaired) electrons. The normalized spacial score (nSPS) is 13.5. The Kier molecular flexibility index (Phi) is 8.89. The Bertz CT molecular complexity index is 176. The van der Waals surface area contributed by atoms with Gasteiger partial charge in [-0.1, -0.05) is 6.58 Å². The zero-order chi connectivity index (χ0) is 11.7.